The summed E-state index contributed by atoms with van der Waals surface area (Å²) >= 11 is 6.05. The fourth-order valence-electron chi connectivity index (χ4n) is 2.26. The van der Waals surface area contributed by atoms with Gasteiger partial charge in [-0.3, -0.25) is 0 Å². The van der Waals surface area contributed by atoms with Crippen LogP contribution in [0, 0.1) is 19.3 Å². The molecule has 94 valence electrons. The third-order valence-electron chi connectivity index (χ3n) is 3.57. The van der Waals surface area contributed by atoms with E-state index in [0.717, 1.165) is 23.8 Å². The van der Waals surface area contributed by atoms with E-state index < -0.39 is 0 Å². The molecule has 1 aromatic heterocycles. The number of aryl methyl sites for hydroxylation is 1. The minimum atomic E-state index is 0.520. The molecule has 1 aromatic rings. The van der Waals surface area contributed by atoms with E-state index in [9.17, 15) is 0 Å². The Morgan fingerprint density at radius 3 is 2.59 bits per heavy atom. The van der Waals surface area contributed by atoms with Crippen LogP contribution in [0.4, 0.5) is 5.82 Å². The summed E-state index contributed by atoms with van der Waals surface area (Å²) in [6.45, 7) is 7.09. The Kier molecular flexibility index (Phi) is 3.57. The SMILES string of the molecule is CCCC1(CNc2nc(C)nc(Cl)c2C)CC1. The molecule has 3 nitrogen and oxygen atoms in total. The third kappa shape index (κ3) is 2.89. The number of nitrogens with zero attached hydrogens (tertiary/aromatic N) is 2. The summed E-state index contributed by atoms with van der Waals surface area (Å²) in [5, 5.41) is 4.00. The van der Waals surface area contributed by atoms with Crippen molar-refractivity contribution in [2.24, 2.45) is 5.41 Å². The van der Waals surface area contributed by atoms with Crippen LogP contribution in [0.15, 0.2) is 0 Å². The molecule has 1 saturated carbocycles. The fourth-order valence-corrected chi connectivity index (χ4v) is 2.47. The highest BCUT2D eigenvalue weighted by Crippen LogP contribution is 2.49. The Balaban J connectivity index is 2.04. The first-order chi connectivity index (χ1) is 8.06. The fraction of sp³-hybridized carbons (Fsp3) is 0.692. The lowest BCUT2D eigenvalue weighted by molar-refractivity contribution is 0.485. The molecule has 4 heteroatoms. The summed E-state index contributed by atoms with van der Waals surface area (Å²) in [7, 11) is 0. The molecule has 1 aliphatic carbocycles. The van der Waals surface area contributed by atoms with Crippen molar-refractivity contribution in [2.45, 2.75) is 46.5 Å². The first-order valence-electron chi connectivity index (χ1n) is 6.31. The van der Waals surface area contributed by atoms with Gasteiger partial charge in [0.05, 0.1) is 0 Å². The summed E-state index contributed by atoms with van der Waals surface area (Å²) in [6, 6.07) is 0. The number of rotatable bonds is 5. The van der Waals surface area contributed by atoms with Crippen LogP contribution in [-0.2, 0) is 0 Å². The molecular formula is C13H20ClN3. The second-order valence-corrected chi connectivity index (χ2v) is 5.50. The molecule has 0 amide bonds. The normalized spacial score (nSPS) is 16.9. The predicted molar refractivity (Wildman–Crippen MR) is 71.6 cm³/mol. The quantitative estimate of drug-likeness (QED) is 0.813. The van der Waals surface area contributed by atoms with E-state index in [0.29, 0.717) is 10.6 Å². The standard InChI is InChI=1S/C13H20ClN3/c1-4-5-13(6-7-13)8-15-12-9(2)11(14)16-10(3)17-12/h4-8H2,1-3H3,(H,15,16,17). The van der Waals surface area contributed by atoms with Gasteiger partial charge in [0.15, 0.2) is 0 Å². The maximum absolute atomic E-state index is 6.05. The van der Waals surface area contributed by atoms with Gasteiger partial charge in [-0.25, -0.2) is 9.97 Å². The Morgan fingerprint density at radius 2 is 2.00 bits per heavy atom. The molecule has 0 spiro atoms. The summed E-state index contributed by atoms with van der Waals surface area (Å²) in [6.07, 6.45) is 5.23. The minimum absolute atomic E-state index is 0.520. The number of hydrogen-bond donors (Lipinski definition) is 1. The van der Waals surface area contributed by atoms with Crippen LogP contribution in [0.25, 0.3) is 0 Å². The van der Waals surface area contributed by atoms with Crippen molar-refractivity contribution < 1.29 is 0 Å². The van der Waals surface area contributed by atoms with Crippen molar-refractivity contribution in [3.63, 3.8) is 0 Å². The highest BCUT2D eigenvalue weighted by molar-refractivity contribution is 6.30. The molecule has 0 bridgehead atoms. The van der Waals surface area contributed by atoms with Crippen LogP contribution in [0.1, 0.15) is 44.0 Å². The molecule has 0 aromatic carbocycles. The molecule has 1 fully saturated rings. The van der Waals surface area contributed by atoms with E-state index in [4.69, 9.17) is 11.6 Å². The molecule has 0 atom stereocenters. The predicted octanol–water partition coefficient (Wildman–Crippen LogP) is 3.74. The van der Waals surface area contributed by atoms with Gasteiger partial charge in [-0.05, 0) is 38.5 Å². The number of anilines is 1. The van der Waals surface area contributed by atoms with Gasteiger partial charge in [-0.1, -0.05) is 24.9 Å². The minimum Gasteiger partial charge on any atom is -0.369 e. The van der Waals surface area contributed by atoms with Crippen LogP contribution < -0.4 is 5.32 Å². The summed E-state index contributed by atoms with van der Waals surface area (Å²) < 4.78 is 0. The van der Waals surface area contributed by atoms with Crippen molar-refractivity contribution in [2.75, 3.05) is 11.9 Å². The molecule has 1 heterocycles. The van der Waals surface area contributed by atoms with Crippen LogP contribution in [0.5, 0.6) is 0 Å². The van der Waals surface area contributed by atoms with Gasteiger partial charge in [-0.2, -0.15) is 0 Å². The number of nitrogens with one attached hydrogen (secondary N) is 1. The lowest BCUT2D eigenvalue weighted by atomic mass is 10.0. The first-order valence-corrected chi connectivity index (χ1v) is 6.69. The zero-order valence-electron chi connectivity index (χ0n) is 10.8. The molecular weight excluding hydrogens is 234 g/mol. The average molecular weight is 254 g/mol. The van der Waals surface area contributed by atoms with E-state index in [1.165, 1.54) is 25.7 Å². The maximum atomic E-state index is 6.05. The largest absolute Gasteiger partial charge is 0.369 e. The van der Waals surface area contributed by atoms with Gasteiger partial charge >= 0.3 is 0 Å². The number of hydrogen-bond acceptors (Lipinski definition) is 3. The molecule has 2 rings (SSSR count). The van der Waals surface area contributed by atoms with Gasteiger partial charge < -0.3 is 5.32 Å². The number of aromatic nitrogens is 2. The first kappa shape index (κ1) is 12.6. The van der Waals surface area contributed by atoms with Crippen molar-refractivity contribution in [3.8, 4) is 0 Å². The zero-order valence-corrected chi connectivity index (χ0v) is 11.6. The third-order valence-corrected chi connectivity index (χ3v) is 3.93. The lowest BCUT2D eigenvalue weighted by Crippen LogP contribution is -2.17. The summed E-state index contributed by atoms with van der Waals surface area (Å²) in [5.41, 5.74) is 1.47. The van der Waals surface area contributed by atoms with Gasteiger partial charge in [-0.15, -0.1) is 0 Å². The zero-order chi connectivity index (χ0) is 12.5. The molecule has 17 heavy (non-hydrogen) atoms. The van der Waals surface area contributed by atoms with Crippen LogP contribution >= 0.6 is 11.6 Å². The second kappa shape index (κ2) is 4.81. The average Bonchev–Trinajstić information content (AvgIpc) is 3.02. The maximum Gasteiger partial charge on any atom is 0.137 e. The summed E-state index contributed by atoms with van der Waals surface area (Å²) in [5.74, 6) is 1.62. The van der Waals surface area contributed by atoms with Crippen LogP contribution in [0.3, 0.4) is 0 Å². The number of halogens is 1. The van der Waals surface area contributed by atoms with Crippen molar-refractivity contribution in [1.82, 2.24) is 9.97 Å². The van der Waals surface area contributed by atoms with E-state index >= 15 is 0 Å². The molecule has 1 aliphatic rings. The van der Waals surface area contributed by atoms with Gasteiger partial charge in [0.25, 0.3) is 0 Å². The lowest BCUT2D eigenvalue weighted by Gasteiger charge is -2.17. The molecule has 0 saturated heterocycles. The van der Waals surface area contributed by atoms with Crippen molar-refractivity contribution in [3.05, 3.63) is 16.5 Å². The Morgan fingerprint density at radius 1 is 1.29 bits per heavy atom. The molecule has 0 aliphatic heterocycles. The van der Waals surface area contributed by atoms with E-state index in [1.54, 1.807) is 0 Å². The Bertz CT molecular complexity index is 413. The van der Waals surface area contributed by atoms with E-state index in [1.807, 2.05) is 13.8 Å². The van der Waals surface area contributed by atoms with Crippen LogP contribution in [-0.4, -0.2) is 16.5 Å². The summed E-state index contributed by atoms with van der Waals surface area (Å²) in [4.78, 5) is 8.56. The molecule has 0 radical (unpaired) electrons. The highest BCUT2D eigenvalue weighted by Gasteiger charge is 2.41. The van der Waals surface area contributed by atoms with Crippen molar-refractivity contribution in [1.29, 1.82) is 0 Å². The van der Waals surface area contributed by atoms with E-state index in [-0.39, 0.29) is 0 Å². The second-order valence-electron chi connectivity index (χ2n) is 5.14. The van der Waals surface area contributed by atoms with Crippen LogP contribution in [0.2, 0.25) is 5.15 Å². The van der Waals surface area contributed by atoms with Crippen molar-refractivity contribution >= 4 is 17.4 Å². The van der Waals surface area contributed by atoms with E-state index in [2.05, 4.69) is 22.2 Å². The van der Waals surface area contributed by atoms with Gasteiger partial charge in [0.1, 0.15) is 16.8 Å². The highest BCUT2D eigenvalue weighted by atomic mass is 35.5. The Labute approximate surface area is 108 Å². The topological polar surface area (TPSA) is 37.8 Å². The monoisotopic (exact) mass is 253 g/mol. The van der Waals surface area contributed by atoms with Gasteiger partial charge in [0, 0.05) is 12.1 Å². The molecule has 1 N–H and O–H groups in total. The van der Waals surface area contributed by atoms with Gasteiger partial charge in [0.2, 0.25) is 0 Å². The Hall–Kier alpha value is -0.830. The molecule has 0 unspecified atom stereocenters. The smallest absolute Gasteiger partial charge is 0.137 e.